The summed E-state index contributed by atoms with van der Waals surface area (Å²) in [4.78, 5) is 13.1. The number of hydrogen-bond donors (Lipinski definition) is 1. The fourth-order valence-electron chi connectivity index (χ4n) is 4.14. The molecule has 1 aliphatic carbocycles. The number of ether oxygens (including phenoxy) is 1. The molecule has 2 aliphatic rings. The second-order valence-electron chi connectivity index (χ2n) is 7.07. The molecule has 4 heteroatoms. The van der Waals surface area contributed by atoms with Crippen LogP contribution in [-0.2, 0) is 11.2 Å². The van der Waals surface area contributed by atoms with Crippen LogP contribution >= 0.6 is 15.9 Å². The van der Waals surface area contributed by atoms with Gasteiger partial charge in [0.25, 0.3) is 5.91 Å². The Morgan fingerprint density at radius 2 is 1.92 bits per heavy atom. The number of nitrogens with one attached hydrogen (secondary N) is 1. The first-order valence-electron chi connectivity index (χ1n) is 9.12. The van der Waals surface area contributed by atoms with Crippen LogP contribution in [0.15, 0.2) is 58.3 Å². The first kappa shape index (κ1) is 17.3. The number of benzene rings is 2. The van der Waals surface area contributed by atoms with Crippen molar-refractivity contribution in [1.82, 2.24) is 5.32 Å². The monoisotopic (exact) mass is 411 g/mol. The number of carbonyl (C=O) groups excluding carboxylic acids is 1. The van der Waals surface area contributed by atoms with E-state index in [-0.39, 0.29) is 17.9 Å². The highest BCUT2D eigenvalue weighted by molar-refractivity contribution is 9.10. The Labute approximate surface area is 162 Å². The van der Waals surface area contributed by atoms with Crippen molar-refractivity contribution in [3.05, 3.63) is 75.0 Å². The van der Waals surface area contributed by atoms with Crippen molar-refractivity contribution < 1.29 is 9.53 Å². The zero-order chi connectivity index (χ0) is 18.3. The summed E-state index contributed by atoms with van der Waals surface area (Å²) in [7, 11) is 0. The summed E-state index contributed by atoms with van der Waals surface area (Å²) in [5, 5.41) is 3.26. The molecule has 0 fully saturated rings. The van der Waals surface area contributed by atoms with Gasteiger partial charge in [-0.15, -0.1) is 0 Å². The first-order valence-corrected chi connectivity index (χ1v) is 9.91. The van der Waals surface area contributed by atoms with Gasteiger partial charge in [0.15, 0.2) is 0 Å². The summed E-state index contributed by atoms with van der Waals surface area (Å²) in [5.41, 5.74) is 4.35. The van der Waals surface area contributed by atoms with E-state index >= 15 is 0 Å². The van der Waals surface area contributed by atoms with Gasteiger partial charge in [0, 0.05) is 11.5 Å². The summed E-state index contributed by atoms with van der Waals surface area (Å²) in [6.07, 6.45) is 3.17. The summed E-state index contributed by atoms with van der Waals surface area (Å²) in [6, 6.07) is 14.5. The highest BCUT2D eigenvalue weighted by Crippen LogP contribution is 2.43. The Morgan fingerprint density at radius 1 is 1.15 bits per heavy atom. The zero-order valence-corrected chi connectivity index (χ0v) is 16.6. The van der Waals surface area contributed by atoms with Gasteiger partial charge in [0.05, 0.1) is 16.1 Å². The van der Waals surface area contributed by atoms with E-state index in [0.717, 1.165) is 40.6 Å². The van der Waals surface area contributed by atoms with Gasteiger partial charge < -0.3 is 10.1 Å². The number of carbonyl (C=O) groups is 1. The molecule has 3 nitrogen and oxygen atoms in total. The molecule has 1 heterocycles. The van der Waals surface area contributed by atoms with E-state index in [0.29, 0.717) is 5.76 Å². The molecule has 1 aliphatic heterocycles. The fraction of sp³-hybridized carbons (Fsp3) is 0.318. The van der Waals surface area contributed by atoms with E-state index in [9.17, 15) is 4.79 Å². The lowest BCUT2D eigenvalue weighted by Crippen LogP contribution is -2.35. The zero-order valence-electron chi connectivity index (χ0n) is 15.0. The van der Waals surface area contributed by atoms with Crippen LogP contribution in [0.2, 0.25) is 0 Å². The largest absolute Gasteiger partial charge is 0.460 e. The second-order valence-corrected chi connectivity index (χ2v) is 7.92. The molecule has 0 saturated heterocycles. The van der Waals surface area contributed by atoms with Crippen LogP contribution in [0.25, 0.3) is 0 Å². The minimum absolute atomic E-state index is 0.00455. The SMILES string of the molecule is CC1=C(C(=O)NC2CCCc3ccccc32)C(C)c2cccc(Br)c2O1. The number of fused-ring (bicyclic) bond motifs is 2. The molecule has 2 aromatic carbocycles. The Kier molecular flexibility index (Phi) is 4.62. The van der Waals surface area contributed by atoms with Crippen molar-refractivity contribution in [2.75, 3.05) is 0 Å². The van der Waals surface area contributed by atoms with Crippen molar-refractivity contribution in [3.63, 3.8) is 0 Å². The van der Waals surface area contributed by atoms with Gasteiger partial charge in [-0.2, -0.15) is 0 Å². The molecule has 0 spiro atoms. The third-order valence-corrected chi connectivity index (χ3v) is 6.08. The number of allylic oxidation sites excluding steroid dienone is 1. The molecule has 2 unspecified atom stereocenters. The van der Waals surface area contributed by atoms with E-state index < -0.39 is 0 Å². The standard InChI is InChI=1S/C22H22BrNO2/c1-13-16-10-6-11-18(23)21(16)26-14(2)20(13)22(25)24-19-12-5-8-15-7-3-4-9-17(15)19/h3-4,6-7,9-11,13,19H,5,8,12H2,1-2H3,(H,24,25). The van der Waals surface area contributed by atoms with Crippen LogP contribution in [0.5, 0.6) is 5.75 Å². The maximum Gasteiger partial charge on any atom is 0.251 e. The Morgan fingerprint density at radius 3 is 2.77 bits per heavy atom. The lowest BCUT2D eigenvalue weighted by molar-refractivity contribution is -0.118. The molecule has 0 bridgehead atoms. The molecule has 134 valence electrons. The van der Waals surface area contributed by atoms with Crippen LogP contribution < -0.4 is 10.1 Å². The highest BCUT2D eigenvalue weighted by atomic mass is 79.9. The number of amides is 1. The van der Waals surface area contributed by atoms with Crippen LogP contribution in [-0.4, -0.2) is 5.91 Å². The summed E-state index contributed by atoms with van der Waals surface area (Å²) in [6.45, 7) is 3.95. The van der Waals surface area contributed by atoms with Crippen LogP contribution in [0, 0.1) is 0 Å². The lowest BCUT2D eigenvalue weighted by atomic mass is 9.86. The predicted octanol–water partition coefficient (Wildman–Crippen LogP) is 5.41. The second kappa shape index (κ2) is 6.92. The highest BCUT2D eigenvalue weighted by Gasteiger charge is 2.32. The number of halogens is 1. The summed E-state index contributed by atoms with van der Waals surface area (Å²) in [5.74, 6) is 1.47. The molecule has 0 saturated carbocycles. The van der Waals surface area contributed by atoms with Gasteiger partial charge in [-0.3, -0.25) is 4.79 Å². The van der Waals surface area contributed by atoms with Gasteiger partial charge in [-0.05, 0) is 59.3 Å². The first-order chi connectivity index (χ1) is 12.6. The Balaban J connectivity index is 1.62. The number of rotatable bonds is 2. The topological polar surface area (TPSA) is 38.3 Å². The van der Waals surface area contributed by atoms with Gasteiger partial charge in [-0.1, -0.05) is 43.3 Å². The Bertz CT molecular complexity index is 903. The average molecular weight is 412 g/mol. The van der Waals surface area contributed by atoms with Gasteiger partial charge in [-0.25, -0.2) is 0 Å². The van der Waals surface area contributed by atoms with E-state index in [1.54, 1.807) is 0 Å². The normalized spacial score (nSPS) is 21.5. The van der Waals surface area contributed by atoms with Gasteiger partial charge >= 0.3 is 0 Å². The van der Waals surface area contributed by atoms with E-state index in [1.165, 1.54) is 11.1 Å². The van der Waals surface area contributed by atoms with Gasteiger partial charge in [0.1, 0.15) is 11.5 Å². The quantitative estimate of drug-likeness (QED) is 0.716. The molecule has 2 aromatic rings. The van der Waals surface area contributed by atoms with Crippen LogP contribution in [0.4, 0.5) is 0 Å². The van der Waals surface area contributed by atoms with Crippen molar-refractivity contribution >= 4 is 21.8 Å². The van der Waals surface area contributed by atoms with Crippen LogP contribution in [0.1, 0.15) is 55.3 Å². The number of para-hydroxylation sites is 1. The van der Waals surface area contributed by atoms with Crippen molar-refractivity contribution in [1.29, 1.82) is 0 Å². The maximum absolute atomic E-state index is 13.1. The smallest absolute Gasteiger partial charge is 0.251 e. The molecular formula is C22H22BrNO2. The van der Waals surface area contributed by atoms with Gasteiger partial charge in [0.2, 0.25) is 0 Å². The van der Waals surface area contributed by atoms with Crippen molar-refractivity contribution in [2.45, 2.75) is 45.1 Å². The number of hydrogen-bond acceptors (Lipinski definition) is 2. The molecule has 26 heavy (non-hydrogen) atoms. The van der Waals surface area contributed by atoms with E-state index in [4.69, 9.17) is 4.74 Å². The maximum atomic E-state index is 13.1. The Hall–Kier alpha value is -2.07. The van der Waals surface area contributed by atoms with Crippen molar-refractivity contribution in [3.8, 4) is 5.75 Å². The molecule has 2 atom stereocenters. The predicted molar refractivity (Wildman–Crippen MR) is 106 cm³/mol. The van der Waals surface area contributed by atoms with Crippen molar-refractivity contribution in [2.24, 2.45) is 0 Å². The average Bonchev–Trinajstić information content (AvgIpc) is 2.63. The molecular weight excluding hydrogens is 390 g/mol. The van der Waals surface area contributed by atoms with Crippen LogP contribution in [0.3, 0.4) is 0 Å². The van der Waals surface area contributed by atoms with E-state index in [1.807, 2.05) is 31.2 Å². The molecule has 1 amide bonds. The summed E-state index contributed by atoms with van der Waals surface area (Å²) < 4.78 is 6.92. The molecule has 1 N–H and O–H groups in total. The molecule has 4 rings (SSSR count). The minimum Gasteiger partial charge on any atom is -0.460 e. The molecule has 0 radical (unpaired) electrons. The minimum atomic E-state index is -0.0256. The summed E-state index contributed by atoms with van der Waals surface area (Å²) >= 11 is 3.54. The fourth-order valence-corrected chi connectivity index (χ4v) is 4.60. The third-order valence-electron chi connectivity index (χ3n) is 5.45. The third kappa shape index (κ3) is 2.96. The lowest BCUT2D eigenvalue weighted by Gasteiger charge is -2.30. The molecule has 0 aromatic heterocycles. The number of aryl methyl sites for hydroxylation is 1. The van der Waals surface area contributed by atoms with E-state index in [2.05, 4.69) is 46.4 Å².